The molecule has 1 heterocycles. The molecule has 0 saturated carbocycles. The predicted molar refractivity (Wildman–Crippen MR) is 124 cm³/mol. The van der Waals surface area contributed by atoms with Crippen LogP contribution in [0.3, 0.4) is 0 Å². The minimum absolute atomic E-state index is 0. The van der Waals surface area contributed by atoms with Gasteiger partial charge >= 0.3 is 0 Å². The van der Waals surface area contributed by atoms with Crippen molar-refractivity contribution in [2.24, 2.45) is 4.99 Å². The van der Waals surface area contributed by atoms with Crippen LogP contribution in [0.4, 0.5) is 0 Å². The quantitative estimate of drug-likeness (QED) is 0.319. The summed E-state index contributed by atoms with van der Waals surface area (Å²) in [5, 5.41) is 6.61. The maximum atomic E-state index is 5.57. The lowest BCUT2D eigenvalue weighted by Gasteiger charge is -2.14. The number of aliphatic imine (C=N–C) groups is 1. The first-order valence-corrected chi connectivity index (χ1v) is 9.44. The second-order valence-electron chi connectivity index (χ2n) is 6.15. The fraction of sp³-hybridized carbons (Fsp3) is 0.381. The van der Waals surface area contributed by atoms with E-state index < -0.39 is 0 Å². The van der Waals surface area contributed by atoms with E-state index in [0.717, 1.165) is 46.6 Å². The van der Waals surface area contributed by atoms with Gasteiger partial charge in [-0.15, -0.1) is 24.0 Å². The zero-order chi connectivity index (χ0) is 19.8. The number of benzene rings is 2. The van der Waals surface area contributed by atoms with E-state index in [4.69, 9.17) is 18.9 Å². The van der Waals surface area contributed by atoms with Crippen molar-refractivity contribution in [2.45, 2.75) is 26.9 Å². The molecule has 2 aromatic carbocycles. The van der Waals surface area contributed by atoms with Crippen LogP contribution in [-0.2, 0) is 13.1 Å². The van der Waals surface area contributed by atoms with Crippen LogP contribution < -0.4 is 29.6 Å². The van der Waals surface area contributed by atoms with Gasteiger partial charge in [0.1, 0.15) is 0 Å². The van der Waals surface area contributed by atoms with Gasteiger partial charge in [-0.05, 0) is 49.2 Å². The van der Waals surface area contributed by atoms with Crippen molar-refractivity contribution in [2.75, 3.05) is 27.1 Å². The average Bonchev–Trinajstić information content (AvgIpc) is 3.19. The van der Waals surface area contributed by atoms with Crippen molar-refractivity contribution in [1.29, 1.82) is 0 Å². The summed E-state index contributed by atoms with van der Waals surface area (Å²) in [6.07, 6.45) is 0. The SMILES string of the molecule is CCNC(=NCc1ccc2c(c1)OCO2)NCc1ccc(OCC)c(OC)c1.I. The number of hydrogen-bond donors (Lipinski definition) is 2. The van der Waals surface area contributed by atoms with Crippen molar-refractivity contribution >= 4 is 29.9 Å². The summed E-state index contributed by atoms with van der Waals surface area (Å²) in [4.78, 5) is 4.66. The first-order chi connectivity index (χ1) is 13.7. The van der Waals surface area contributed by atoms with Gasteiger partial charge in [0.05, 0.1) is 20.3 Å². The van der Waals surface area contributed by atoms with E-state index >= 15 is 0 Å². The molecule has 29 heavy (non-hydrogen) atoms. The molecule has 1 aliphatic heterocycles. The molecule has 0 amide bonds. The van der Waals surface area contributed by atoms with Crippen LogP contribution in [0.25, 0.3) is 0 Å². The molecule has 0 aliphatic carbocycles. The summed E-state index contributed by atoms with van der Waals surface area (Å²) in [5.74, 6) is 3.77. The Morgan fingerprint density at radius 3 is 2.55 bits per heavy atom. The number of nitrogens with one attached hydrogen (secondary N) is 2. The number of nitrogens with zero attached hydrogens (tertiary/aromatic N) is 1. The van der Waals surface area contributed by atoms with E-state index in [1.165, 1.54) is 0 Å². The summed E-state index contributed by atoms with van der Waals surface area (Å²) in [7, 11) is 1.64. The highest BCUT2D eigenvalue weighted by atomic mass is 127. The third-order valence-corrected chi connectivity index (χ3v) is 4.19. The zero-order valence-electron chi connectivity index (χ0n) is 17.0. The predicted octanol–water partition coefficient (Wildman–Crippen LogP) is 3.70. The van der Waals surface area contributed by atoms with Crippen LogP contribution in [0.2, 0.25) is 0 Å². The minimum Gasteiger partial charge on any atom is -0.493 e. The summed E-state index contributed by atoms with van der Waals surface area (Å²) in [6, 6.07) is 11.8. The van der Waals surface area contributed by atoms with Gasteiger partial charge in [0.2, 0.25) is 6.79 Å². The molecular formula is C21H28IN3O4. The molecule has 8 heteroatoms. The molecular weight excluding hydrogens is 485 g/mol. The Kier molecular flexibility index (Phi) is 9.17. The van der Waals surface area contributed by atoms with Crippen molar-refractivity contribution in [3.8, 4) is 23.0 Å². The van der Waals surface area contributed by atoms with Crippen LogP contribution >= 0.6 is 24.0 Å². The Labute approximate surface area is 188 Å². The second-order valence-corrected chi connectivity index (χ2v) is 6.15. The van der Waals surface area contributed by atoms with Crippen LogP contribution in [0.5, 0.6) is 23.0 Å². The summed E-state index contributed by atoms with van der Waals surface area (Å²) >= 11 is 0. The standard InChI is InChI=1S/C21H27N3O4.HI/c1-4-22-21(24-13-16-7-9-18-20(11-16)28-14-27-18)23-12-15-6-8-17(26-5-2)19(10-15)25-3;/h6-11H,4-5,12-14H2,1-3H3,(H2,22,23,24);1H. The Hall–Kier alpha value is -2.36. The first-order valence-electron chi connectivity index (χ1n) is 9.44. The number of fused-ring (bicyclic) bond motifs is 1. The molecule has 0 bridgehead atoms. The molecule has 0 unspecified atom stereocenters. The van der Waals surface area contributed by atoms with Gasteiger partial charge in [0, 0.05) is 13.1 Å². The summed E-state index contributed by atoms with van der Waals surface area (Å²) in [6.45, 7) is 6.81. The van der Waals surface area contributed by atoms with Crippen LogP contribution in [0, 0.1) is 0 Å². The maximum Gasteiger partial charge on any atom is 0.231 e. The average molecular weight is 513 g/mol. The molecule has 0 fully saturated rings. The number of hydrogen-bond acceptors (Lipinski definition) is 5. The van der Waals surface area contributed by atoms with Gasteiger partial charge in [-0.3, -0.25) is 0 Å². The Morgan fingerprint density at radius 1 is 1.00 bits per heavy atom. The van der Waals surface area contributed by atoms with Crippen LogP contribution in [0.15, 0.2) is 41.4 Å². The molecule has 0 spiro atoms. The molecule has 7 nitrogen and oxygen atoms in total. The highest BCUT2D eigenvalue weighted by Gasteiger charge is 2.13. The largest absolute Gasteiger partial charge is 0.493 e. The molecule has 2 N–H and O–H groups in total. The topological polar surface area (TPSA) is 73.3 Å². The lowest BCUT2D eigenvalue weighted by atomic mass is 10.2. The Morgan fingerprint density at radius 2 is 1.79 bits per heavy atom. The first kappa shape index (κ1) is 22.9. The van der Waals surface area contributed by atoms with E-state index in [1.807, 2.05) is 50.2 Å². The van der Waals surface area contributed by atoms with Crippen LogP contribution in [0.1, 0.15) is 25.0 Å². The van der Waals surface area contributed by atoms with E-state index in [0.29, 0.717) is 19.7 Å². The maximum absolute atomic E-state index is 5.57. The van der Waals surface area contributed by atoms with Crippen molar-refractivity contribution in [3.05, 3.63) is 47.5 Å². The molecule has 2 aromatic rings. The number of methoxy groups -OCH3 is 1. The van der Waals surface area contributed by atoms with Crippen molar-refractivity contribution in [3.63, 3.8) is 0 Å². The van der Waals surface area contributed by atoms with Gasteiger partial charge in [-0.2, -0.15) is 0 Å². The van der Waals surface area contributed by atoms with E-state index in [9.17, 15) is 0 Å². The van der Waals surface area contributed by atoms with Gasteiger partial charge in [-0.25, -0.2) is 4.99 Å². The summed E-state index contributed by atoms with van der Waals surface area (Å²) in [5.41, 5.74) is 2.14. The van der Waals surface area contributed by atoms with Gasteiger partial charge in [0.15, 0.2) is 29.0 Å². The van der Waals surface area contributed by atoms with Gasteiger partial charge in [-0.1, -0.05) is 12.1 Å². The Bertz CT molecular complexity index is 830. The third-order valence-electron chi connectivity index (χ3n) is 4.19. The van der Waals surface area contributed by atoms with Crippen molar-refractivity contribution < 1.29 is 18.9 Å². The van der Waals surface area contributed by atoms with E-state index in [1.54, 1.807) is 7.11 Å². The highest BCUT2D eigenvalue weighted by molar-refractivity contribution is 14.0. The molecule has 0 saturated heterocycles. The zero-order valence-corrected chi connectivity index (χ0v) is 19.3. The number of halogens is 1. The number of guanidine groups is 1. The van der Waals surface area contributed by atoms with Gasteiger partial charge in [0.25, 0.3) is 0 Å². The molecule has 3 rings (SSSR count). The Balaban J connectivity index is 0.00000300. The minimum atomic E-state index is 0. The normalized spacial score (nSPS) is 12.2. The highest BCUT2D eigenvalue weighted by Crippen LogP contribution is 2.32. The second kappa shape index (κ2) is 11.6. The smallest absolute Gasteiger partial charge is 0.231 e. The fourth-order valence-corrected chi connectivity index (χ4v) is 2.83. The molecule has 0 atom stereocenters. The van der Waals surface area contributed by atoms with Crippen LogP contribution in [-0.4, -0.2) is 33.0 Å². The van der Waals surface area contributed by atoms with Crippen molar-refractivity contribution in [1.82, 2.24) is 10.6 Å². The molecule has 0 radical (unpaired) electrons. The molecule has 0 aromatic heterocycles. The van der Waals surface area contributed by atoms with Gasteiger partial charge < -0.3 is 29.6 Å². The molecule has 1 aliphatic rings. The van der Waals surface area contributed by atoms with E-state index in [-0.39, 0.29) is 30.8 Å². The number of ether oxygens (including phenoxy) is 4. The summed E-state index contributed by atoms with van der Waals surface area (Å²) < 4.78 is 21.7. The van der Waals surface area contributed by atoms with E-state index in [2.05, 4.69) is 15.6 Å². The lowest BCUT2D eigenvalue weighted by molar-refractivity contribution is 0.174. The third kappa shape index (κ3) is 6.31. The lowest BCUT2D eigenvalue weighted by Crippen LogP contribution is -2.36. The number of rotatable bonds is 8. The fourth-order valence-electron chi connectivity index (χ4n) is 2.83. The monoisotopic (exact) mass is 513 g/mol. The molecule has 158 valence electrons.